The number of esters is 1. The van der Waals surface area contributed by atoms with Gasteiger partial charge in [-0.05, 0) is 73.6 Å². The van der Waals surface area contributed by atoms with Crippen LogP contribution in [-0.4, -0.2) is 23.3 Å². The van der Waals surface area contributed by atoms with Crippen LogP contribution >= 0.6 is 0 Å². The van der Waals surface area contributed by atoms with Crippen LogP contribution < -0.4 is 0 Å². The topological polar surface area (TPSA) is 55.8 Å². The zero-order valence-corrected chi connectivity index (χ0v) is 19.5. The van der Waals surface area contributed by atoms with Gasteiger partial charge in [-0.1, -0.05) is 54.6 Å². The quantitative estimate of drug-likeness (QED) is 0.400. The van der Waals surface area contributed by atoms with E-state index in [0.717, 1.165) is 34.2 Å². The molecule has 0 heterocycles. The lowest BCUT2D eigenvalue weighted by molar-refractivity contribution is -0.169. The van der Waals surface area contributed by atoms with Crippen molar-refractivity contribution in [1.82, 2.24) is 0 Å². The first-order chi connectivity index (χ1) is 15.9. The molecule has 4 heteroatoms. The van der Waals surface area contributed by atoms with Crippen molar-refractivity contribution < 1.29 is 19.4 Å². The van der Waals surface area contributed by atoms with Gasteiger partial charge in [0.25, 0.3) is 0 Å². The summed E-state index contributed by atoms with van der Waals surface area (Å²) in [5.41, 5.74) is 7.90. The Morgan fingerprint density at radius 1 is 0.818 bits per heavy atom. The van der Waals surface area contributed by atoms with Crippen LogP contribution in [0.2, 0.25) is 0 Å². The molecule has 1 fully saturated rings. The highest BCUT2D eigenvalue weighted by atomic mass is 16.6. The van der Waals surface area contributed by atoms with Crippen molar-refractivity contribution in [3.63, 3.8) is 0 Å². The summed E-state index contributed by atoms with van der Waals surface area (Å²) < 4.78 is 12.5. The minimum Gasteiger partial charge on any atom is -0.455 e. The van der Waals surface area contributed by atoms with Crippen molar-refractivity contribution in [2.75, 3.05) is 0 Å². The van der Waals surface area contributed by atoms with Crippen LogP contribution in [0, 0.1) is 27.7 Å². The molecule has 33 heavy (non-hydrogen) atoms. The lowest BCUT2D eigenvalue weighted by atomic mass is 9.87. The fraction of sp³-hybridized carbons (Fsp3) is 0.345. The summed E-state index contributed by atoms with van der Waals surface area (Å²) in [5, 5.41) is 11.0. The van der Waals surface area contributed by atoms with Crippen molar-refractivity contribution in [3.8, 4) is 0 Å². The van der Waals surface area contributed by atoms with E-state index in [0.29, 0.717) is 5.56 Å². The van der Waals surface area contributed by atoms with E-state index in [9.17, 15) is 9.90 Å². The van der Waals surface area contributed by atoms with Crippen molar-refractivity contribution in [2.45, 2.75) is 64.4 Å². The highest BCUT2D eigenvalue weighted by Gasteiger charge is 2.54. The van der Waals surface area contributed by atoms with Gasteiger partial charge in [-0.15, -0.1) is 0 Å². The number of hydrogen-bond donors (Lipinski definition) is 1. The molecule has 1 saturated carbocycles. The van der Waals surface area contributed by atoms with E-state index in [4.69, 9.17) is 9.47 Å². The lowest BCUT2D eigenvalue weighted by Gasteiger charge is -2.34. The van der Waals surface area contributed by atoms with Gasteiger partial charge in [0, 0.05) is 17.4 Å². The van der Waals surface area contributed by atoms with Gasteiger partial charge in [-0.3, -0.25) is 0 Å². The maximum atomic E-state index is 13.2. The smallest absolute Gasteiger partial charge is 0.338 e. The summed E-state index contributed by atoms with van der Waals surface area (Å²) in [6, 6.07) is 19.8. The molecule has 0 saturated heterocycles. The van der Waals surface area contributed by atoms with Crippen LogP contribution in [0.4, 0.5) is 0 Å². The first kappa shape index (κ1) is 21.9. The largest absolute Gasteiger partial charge is 0.455 e. The maximum absolute atomic E-state index is 13.2. The molecule has 2 aliphatic carbocycles. The van der Waals surface area contributed by atoms with Crippen molar-refractivity contribution in [3.05, 3.63) is 105 Å². The lowest BCUT2D eigenvalue weighted by Crippen LogP contribution is -2.38. The molecule has 5 rings (SSSR count). The Kier molecular flexibility index (Phi) is 5.59. The van der Waals surface area contributed by atoms with Gasteiger partial charge in [0.2, 0.25) is 0 Å². The summed E-state index contributed by atoms with van der Waals surface area (Å²) >= 11 is 0. The number of rotatable bonds is 5. The van der Waals surface area contributed by atoms with Crippen LogP contribution in [0.15, 0.2) is 60.7 Å². The zero-order valence-electron chi connectivity index (χ0n) is 19.5. The molecule has 0 aromatic heterocycles. The monoisotopic (exact) mass is 442 g/mol. The predicted octanol–water partition coefficient (Wildman–Crippen LogP) is 5.81. The number of aliphatic hydroxyl groups excluding tert-OH is 1. The predicted molar refractivity (Wildman–Crippen MR) is 127 cm³/mol. The van der Waals surface area contributed by atoms with Gasteiger partial charge in [0.05, 0.1) is 5.56 Å². The number of carbonyl (C=O) groups is 1. The standard InChI is InChI=1S/C29H30O4/c1-16-9-7-13-20(18(16)3)28(30)32-26-24-15-25(23-12-6-5-11-22(23)24)27(26)33-29(31)21-14-8-10-17(2)19(21)4/h5-14,24-28,30H,15H2,1-4H3/t24?,25?,26-,27+,28?/m0/s1. The van der Waals surface area contributed by atoms with Crippen molar-refractivity contribution in [1.29, 1.82) is 0 Å². The van der Waals surface area contributed by atoms with E-state index in [1.807, 2.05) is 76.2 Å². The molecule has 0 amide bonds. The molecule has 3 aromatic carbocycles. The Balaban J connectivity index is 1.46. The Morgan fingerprint density at radius 2 is 1.42 bits per heavy atom. The third kappa shape index (κ3) is 3.68. The average Bonchev–Trinajstić information content (AvgIpc) is 3.34. The van der Waals surface area contributed by atoms with Crippen molar-refractivity contribution >= 4 is 5.97 Å². The molecular weight excluding hydrogens is 412 g/mol. The third-order valence-corrected chi connectivity index (χ3v) is 7.69. The summed E-state index contributed by atoms with van der Waals surface area (Å²) in [5.74, 6) is -0.181. The maximum Gasteiger partial charge on any atom is 0.338 e. The Labute approximate surface area is 195 Å². The van der Waals surface area contributed by atoms with Gasteiger partial charge in [0.15, 0.2) is 6.29 Å². The Bertz CT molecular complexity index is 1210. The minimum absolute atomic E-state index is 0.0658. The molecule has 3 unspecified atom stereocenters. The number of carbonyl (C=O) groups excluding carboxylic acids is 1. The molecule has 4 nitrogen and oxygen atoms in total. The molecule has 2 aliphatic rings. The van der Waals surface area contributed by atoms with Crippen LogP contribution in [0.3, 0.4) is 0 Å². The molecule has 5 atom stereocenters. The van der Waals surface area contributed by atoms with E-state index in [2.05, 4.69) is 12.1 Å². The second-order valence-corrected chi connectivity index (χ2v) is 9.44. The Hall–Kier alpha value is -2.95. The van der Waals surface area contributed by atoms with Crippen LogP contribution in [0.5, 0.6) is 0 Å². The van der Waals surface area contributed by atoms with E-state index in [1.165, 1.54) is 11.1 Å². The van der Waals surface area contributed by atoms with Crippen LogP contribution in [-0.2, 0) is 9.47 Å². The fourth-order valence-electron chi connectivity index (χ4n) is 5.54. The Morgan fingerprint density at radius 3 is 2.12 bits per heavy atom. The van der Waals surface area contributed by atoms with E-state index < -0.39 is 18.5 Å². The van der Waals surface area contributed by atoms with Gasteiger partial charge in [-0.2, -0.15) is 0 Å². The van der Waals surface area contributed by atoms with E-state index in [-0.39, 0.29) is 17.8 Å². The highest BCUT2D eigenvalue weighted by molar-refractivity contribution is 5.91. The summed E-state index contributed by atoms with van der Waals surface area (Å²) in [6.07, 6.45) is -1.08. The van der Waals surface area contributed by atoms with Crippen LogP contribution in [0.1, 0.15) is 73.8 Å². The number of hydrogen-bond acceptors (Lipinski definition) is 4. The molecule has 0 radical (unpaired) electrons. The summed E-state index contributed by atoms with van der Waals surface area (Å²) in [7, 11) is 0. The van der Waals surface area contributed by atoms with E-state index in [1.54, 1.807) is 0 Å². The second-order valence-electron chi connectivity index (χ2n) is 9.44. The summed E-state index contributed by atoms with van der Waals surface area (Å²) in [6.45, 7) is 7.95. The van der Waals surface area contributed by atoms with Crippen molar-refractivity contribution in [2.24, 2.45) is 0 Å². The second kappa shape index (κ2) is 8.44. The number of ether oxygens (including phenoxy) is 2. The van der Waals surface area contributed by atoms with Gasteiger partial charge >= 0.3 is 5.97 Å². The molecule has 1 N–H and O–H groups in total. The van der Waals surface area contributed by atoms with Gasteiger partial charge in [-0.25, -0.2) is 4.79 Å². The van der Waals surface area contributed by atoms with Gasteiger partial charge < -0.3 is 14.6 Å². The average molecular weight is 443 g/mol. The van der Waals surface area contributed by atoms with E-state index >= 15 is 0 Å². The fourth-order valence-corrected chi connectivity index (χ4v) is 5.54. The molecule has 170 valence electrons. The number of aliphatic hydroxyl groups is 1. The number of fused-ring (bicyclic) bond motifs is 5. The first-order valence-electron chi connectivity index (χ1n) is 11.6. The molecule has 3 aromatic rings. The van der Waals surface area contributed by atoms with Gasteiger partial charge in [0.1, 0.15) is 12.2 Å². The molecular formula is C29H30O4. The molecule has 0 aliphatic heterocycles. The van der Waals surface area contributed by atoms with Crippen LogP contribution in [0.25, 0.3) is 0 Å². The molecule has 0 spiro atoms. The third-order valence-electron chi connectivity index (χ3n) is 7.69. The SMILES string of the molecule is Cc1cccc(C(=O)O[C@@H]2C3CC(c4ccccc43)[C@@H]2OC(O)c2cccc(C)c2C)c1C. The number of benzene rings is 3. The normalized spacial score (nSPS) is 23.9. The number of aryl methyl sites for hydroxylation is 2. The first-order valence-corrected chi connectivity index (χ1v) is 11.6. The minimum atomic E-state index is -1.08. The zero-order chi connectivity index (χ0) is 23.3. The highest BCUT2D eigenvalue weighted by Crippen LogP contribution is 2.56. The molecule has 2 bridgehead atoms. The summed E-state index contributed by atoms with van der Waals surface area (Å²) in [4.78, 5) is 13.2.